The summed E-state index contributed by atoms with van der Waals surface area (Å²) in [5, 5.41) is 5.99. The van der Waals surface area contributed by atoms with E-state index in [-0.39, 0.29) is 24.0 Å². The number of amides is 2. The molecule has 224 valence electrons. The van der Waals surface area contributed by atoms with Crippen molar-refractivity contribution in [2.75, 3.05) is 26.3 Å². The van der Waals surface area contributed by atoms with Crippen LogP contribution in [0.1, 0.15) is 59.8 Å². The highest BCUT2D eigenvalue weighted by Crippen LogP contribution is 2.45. The summed E-state index contributed by atoms with van der Waals surface area (Å²) in [4.78, 5) is 25.2. The van der Waals surface area contributed by atoms with Gasteiger partial charge in [-0.25, -0.2) is 9.59 Å². The topological polar surface area (TPSA) is 76.7 Å². The quantitative estimate of drug-likeness (QED) is 0.220. The maximum absolute atomic E-state index is 12.6. The fraction of sp³-hybridized carbons (Fsp3) is 0.316. The van der Waals surface area contributed by atoms with Crippen LogP contribution in [0.15, 0.2) is 97.1 Å². The second kappa shape index (κ2) is 12.6. The van der Waals surface area contributed by atoms with Crippen molar-refractivity contribution in [2.45, 2.75) is 37.5 Å². The SMILES string of the molecule is O=C(NCC1CCC(CNC(=O)OCC2c3ccccc3-c3ccccc32)CC1)OCC1c2ccccc2-c2ccccc21. The molecule has 3 aliphatic carbocycles. The van der Waals surface area contributed by atoms with E-state index in [1.165, 1.54) is 44.5 Å². The predicted octanol–water partition coefficient (Wildman–Crippen LogP) is 7.87. The fourth-order valence-corrected chi connectivity index (χ4v) is 7.39. The minimum absolute atomic E-state index is 0.0626. The Morgan fingerprint density at radius 3 is 1.11 bits per heavy atom. The summed E-state index contributed by atoms with van der Waals surface area (Å²) in [6, 6.07) is 33.4. The molecule has 1 saturated carbocycles. The molecule has 7 rings (SSSR count). The van der Waals surface area contributed by atoms with E-state index in [2.05, 4.69) is 83.4 Å². The highest BCUT2D eigenvalue weighted by Gasteiger charge is 2.31. The smallest absolute Gasteiger partial charge is 0.407 e. The van der Waals surface area contributed by atoms with Crippen molar-refractivity contribution in [1.29, 1.82) is 0 Å². The van der Waals surface area contributed by atoms with Crippen LogP contribution in [0.25, 0.3) is 22.3 Å². The number of alkyl carbamates (subject to hydrolysis) is 2. The Labute approximate surface area is 258 Å². The van der Waals surface area contributed by atoms with E-state index in [0.717, 1.165) is 25.7 Å². The molecule has 0 unspecified atom stereocenters. The van der Waals surface area contributed by atoms with Crippen LogP contribution < -0.4 is 10.6 Å². The predicted molar refractivity (Wildman–Crippen MR) is 172 cm³/mol. The molecule has 4 aromatic carbocycles. The molecule has 2 amide bonds. The zero-order chi connectivity index (χ0) is 29.9. The van der Waals surface area contributed by atoms with E-state index in [9.17, 15) is 9.59 Å². The van der Waals surface area contributed by atoms with Gasteiger partial charge in [-0.2, -0.15) is 0 Å². The van der Waals surface area contributed by atoms with Gasteiger partial charge in [0.05, 0.1) is 0 Å². The standard InChI is InChI=1S/C38H38N2O4/c41-37(43-23-35-31-13-5-1-9-27(31)28-10-2-6-14-32(28)35)39-21-25-17-19-26(20-18-25)22-40-38(42)44-24-36-33-15-7-3-11-29(33)30-12-4-8-16-34(30)36/h1-16,25-26,35-36H,17-24H2,(H,39,41)(H,40,42). The minimum Gasteiger partial charge on any atom is -0.449 e. The minimum atomic E-state index is -0.356. The molecule has 0 bridgehead atoms. The average Bonchev–Trinajstić information content (AvgIpc) is 3.57. The Bertz CT molecular complexity index is 1440. The monoisotopic (exact) mass is 586 g/mol. The highest BCUT2D eigenvalue weighted by atomic mass is 16.6. The van der Waals surface area contributed by atoms with Crippen LogP contribution in [0.2, 0.25) is 0 Å². The molecule has 0 aromatic heterocycles. The van der Waals surface area contributed by atoms with Gasteiger partial charge in [0.1, 0.15) is 13.2 Å². The Hall–Kier alpha value is -4.58. The number of benzene rings is 4. The van der Waals surface area contributed by atoms with Gasteiger partial charge < -0.3 is 20.1 Å². The number of carbonyl (C=O) groups is 2. The van der Waals surface area contributed by atoms with Crippen LogP contribution in [-0.2, 0) is 9.47 Å². The first-order valence-corrected chi connectivity index (χ1v) is 15.8. The van der Waals surface area contributed by atoms with Crippen LogP contribution in [-0.4, -0.2) is 38.5 Å². The van der Waals surface area contributed by atoms with E-state index in [1.807, 2.05) is 24.3 Å². The first-order valence-electron chi connectivity index (χ1n) is 15.8. The molecule has 0 radical (unpaired) electrons. The van der Waals surface area contributed by atoms with Gasteiger partial charge in [0, 0.05) is 24.9 Å². The van der Waals surface area contributed by atoms with E-state index in [4.69, 9.17) is 9.47 Å². The molecule has 0 heterocycles. The molecule has 6 heteroatoms. The van der Waals surface area contributed by atoms with E-state index in [0.29, 0.717) is 38.1 Å². The molecule has 3 aliphatic rings. The van der Waals surface area contributed by atoms with E-state index in [1.54, 1.807) is 0 Å². The van der Waals surface area contributed by atoms with Crippen molar-refractivity contribution in [3.63, 3.8) is 0 Å². The average molecular weight is 587 g/mol. The van der Waals surface area contributed by atoms with Gasteiger partial charge in [0.2, 0.25) is 0 Å². The number of carbonyl (C=O) groups excluding carboxylic acids is 2. The van der Waals surface area contributed by atoms with Crippen molar-refractivity contribution in [3.05, 3.63) is 119 Å². The molecule has 0 atom stereocenters. The van der Waals surface area contributed by atoms with Crippen LogP contribution in [0.5, 0.6) is 0 Å². The number of hydrogen-bond acceptors (Lipinski definition) is 4. The summed E-state index contributed by atoms with van der Waals surface area (Å²) in [6.07, 6.45) is 3.35. The van der Waals surface area contributed by atoms with Crippen LogP contribution >= 0.6 is 0 Å². The molecule has 44 heavy (non-hydrogen) atoms. The third kappa shape index (κ3) is 5.69. The summed E-state index contributed by atoms with van der Waals surface area (Å²) in [5.41, 5.74) is 9.75. The third-order valence-electron chi connectivity index (χ3n) is 9.72. The Kier molecular flexibility index (Phi) is 8.06. The summed E-state index contributed by atoms with van der Waals surface area (Å²) >= 11 is 0. The van der Waals surface area contributed by atoms with Gasteiger partial charge in [-0.15, -0.1) is 0 Å². The lowest BCUT2D eigenvalue weighted by molar-refractivity contribution is 0.135. The third-order valence-corrected chi connectivity index (χ3v) is 9.72. The zero-order valence-electron chi connectivity index (χ0n) is 24.8. The second-order valence-electron chi connectivity index (χ2n) is 12.3. The maximum Gasteiger partial charge on any atom is 0.407 e. The molecule has 1 fully saturated rings. The Morgan fingerprint density at radius 1 is 0.500 bits per heavy atom. The molecule has 0 saturated heterocycles. The largest absolute Gasteiger partial charge is 0.449 e. The van der Waals surface area contributed by atoms with Crippen molar-refractivity contribution < 1.29 is 19.1 Å². The summed E-state index contributed by atoms with van der Waals surface area (Å²) in [6.45, 7) is 1.88. The van der Waals surface area contributed by atoms with Gasteiger partial charge in [0.25, 0.3) is 0 Å². The zero-order valence-corrected chi connectivity index (χ0v) is 24.8. The number of fused-ring (bicyclic) bond motifs is 6. The molecule has 4 aromatic rings. The lowest BCUT2D eigenvalue weighted by Crippen LogP contribution is -2.35. The second-order valence-corrected chi connectivity index (χ2v) is 12.3. The number of rotatable bonds is 8. The van der Waals surface area contributed by atoms with Gasteiger partial charge in [-0.1, -0.05) is 97.1 Å². The molecular weight excluding hydrogens is 548 g/mol. The van der Waals surface area contributed by atoms with Crippen molar-refractivity contribution in [3.8, 4) is 22.3 Å². The summed E-state index contributed by atoms with van der Waals surface area (Å²) in [5.74, 6) is 0.961. The van der Waals surface area contributed by atoms with Crippen molar-refractivity contribution in [1.82, 2.24) is 10.6 Å². The fourth-order valence-electron chi connectivity index (χ4n) is 7.39. The van der Waals surface area contributed by atoms with Crippen LogP contribution in [0.3, 0.4) is 0 Å². The Morgan fingerprint density at radius 2 is 0.795 bits per heavy atom. The lowest BCUT2D eigenvalue weighted by Gasteiger charge is -2.28. The highest BCUT2D eigenvalue weighted by molar-refractivity contribution is 5.80. The first kappa shape index (κ1) is 28.2. The molecule has 6 nitrogen and oxygen atoms in total. The summed E-state index contributed by atoms with van der Waals surface area (Å²) < 4.78 is 11.4. The Balaban J connectivity index is 0.816. The molecule has 0 aliphatic heterocycles. The number of hydrogen-bond donors (Lipinski definition) is 2. The van der Waals surface area contributed by atoms with Gasteiger partial charge in [-0.3, -0.25) is 0 Å². The molecule has 2 N–H and O–H groups in total. The first-order chi connectivity index (χ1) is 21.7. The molecular formula is C38H38N2O4. The van der Waals surface area contributed by atoms with Gasteiger partial charge in [0.15, 0.2) is 0 Å². The van der Waals surface area contributed by atoms with E-state index >= 15 is 0 Å². The maximum atomic E-state index is 12.6. The number of nitrogens with one attached hydrogen (secondary N) is 2. The van der Waals surface area contributed by atoms with Crippen LogP contribution in [0, 0.1) is 11.8 Å². The van der Waals surface area contributed by atoms with Crippen molar-refractivity contribution in [2.24, 2.45) is 11.8 Å². The normalized spacial score (nSPS) is 18.5. The lowest BCUT2D eigenvalue weighted by atomic mass is 9.82. The van der Waals surface area contributed by atoms with Crippen LogP contribution in [0.4, 0.5) is 9.59 Å². The molecule has 0 spiro atoms. The number of ether oxygens (including phenoxy) is 2. The van der Waals surface area contributed by atoms with Gasteiger partial charge in [-0.05, 0) is 82.0 Å². The van der Waals surface area contributed by atoms with Gasteiger partial charge >= 0.3 is 12.2 Å². The summed E-state index contributed by atoms with van der Waals surface area (Å²) in [7, 11) is 0. The van der Waals surface area contributed by atoms with Crippen molar-refractivity contribution >= 4 is 12.2 Å². The van der Waals surface area contributed by atoms with E-state index < -0.39 is 0 Å².